The monoisotopic (exact) mass is 232 g/mol. The van der Waals surface area contributed by atoms with E-state index in [1.54, 1.807) is 11.3 Å². The van der Waals surface area contributed by atoms with Crippen molar-refractivity contribution in [1.29, 1.82) is 0 Å². The van der Waals surface area contributed by atoms with Crippen molar-refractivity contribution < 1.29 is 0 Å². The third kappa shape index (κ3) is 2.42. The lowest BCUT2D eigenvalue weighted by Gasteiger charge is -2.01. The van der Waals surface area contributed by atoms with Crippen LogP contribution < -0.4 is 5.73 Å². The number of benzene rings is 1. The molecule has 2 rings (SSSR count). The molecule has 1 heterocycles. The molecule has 0 atom stereocenters. The van der Waals surface area contributed by atoms with Crippen LogP contribution in [0.25, 0.3) is 0 Å². The molecule has 0 saturated carbocycles. The Morgan fingerprint density at radius 2 is 1.81 bits per heavy atom. The fourth-order valence-electron chi connectivity index (χ4n) is 1.70. The second-order valence-corrected chi connectivity index (χ2v) is 5.14. The highest BCUT2D eigenvalue weighted by Crippen LogP contribution is 2.21. The highest BCUT2D eigenvalue weighted by Gasteiger charge is 2.05. The lowest BCUT2D eigenvalue weighted by Crippen LogP contribution is -1.92. The number of anilines is 1. The van der Waals surface area contributed by atoms with Gasteiger partial charge in [0.1, 0.15) is 0 Å². The molecule has 84 valence electrons. The van der Waals surface area contributed by atoms with E-state index in [0.29, 0.717) is 5.13 Å². The van der Waals surface area contributed by atoms with Crippen molar-refractivity contribution in [3.05, 3.63) is 46.0 Å². The highest BCUT2D eigenvalue weighted by molar-refractivity contribution is 7.15. The number of aromatic nitrogens is 1. The minimum Gasteiger partial charge on any atom is -0.375 e. The molecule has 16 heavy (non-hydrogen) atoms. The molecule has 3 heteroatoms. The molecule has 0 bridgehead atoms. The minimum atomic E-state index is 0.665. The van der Waals surface area contributed by atoms with E-state index in [2.05, 4.69) is 43.1 Å². The van der Waals surface area contributed by atoms with Gasteiger partial charge in [0.25, 0.3) is 0 Å². The second kappa shape index (κ2) is 4.66. The maximum Gasteiger partial charge on any atom is 0.180 e. The third-order valence-electron chi connectivity index (χ3n) is 2.71. The van der Waals surface area contributed by atoms with E-state index < -0.39 is 0 Å². The van der Waals surface area contributed by atoms with Gasteiger partial charge in [0.2, 0.25) is 0 Å². The maximum absolute atomic E-state index is 5.69. The fraction of sp³-hybridized carbons (Fsp3) is 0.308. The molecule has 2 N–H and O–H groups in total. The summed E-state index contributed by atoms with van der Waals surface area (Å²) in [6, 6.07) is 8.71. The fourth-order valence-corrected chi connectivity index (χ4v) is 2.41. The molecule has 0 aliphatic carbocycles. The van der Waals surface area contributed by atoms with Crippen LogP contribution in [0.1, 0.15) is 28.6 Å². The molecule has 1 aromatic heterocycles. The summed E-state index contributed by atoms with van der Waals surface area (Å²) in [5.74, 6) is 0. The third-order valence-corrected chi connectivity index (χ3v) is 3.55. The lowest BCUT2D eigenvalue weighted by molar-refractivity contribution is 1.07. The zero-order valence-electron chi connectivity index (χ0n) is 9.66. The molecular weight excluding hydrogens is 216 g/mol. The molecule has 0 amide bonds. The number of nitrogens with two attached hydrogens (primary N) is 1. The summed E-state index contributed by atoms with van der Waals surface area (Å²) in [6.07, 6.45) is 1.96. The predicted octanol–water partition coefficient (Wildman–Crippen LogP) is 3.19. The van der Waals surface area contributed by atoms with Crippen LogP contribution in [0.15, 0.2) is 24.3 Å². The Morgan fingerprint density at radius 3 is 2.31 bits per heavy atom. The summed E-state index contributed by atoms with van der Waals surface area (Å²) >= 11 is 1.56. The Kier molecular flexibility index (Phi) is 3.25. The van der Waals surface area contributed by atoms with Crippen LogP contribution in [-0.2, 0) is 12.8 Å². The topological polar surface area (TPSA) is 38.9 Å². The average Bonchev–Trinajstić information content (AvgIpc) is 2.59. The van der Waals surface area contributed by atoms with E-state index in [0.717, 1.165) is 18.5 Å². The van der Waals surface area contributed by atoms with Crippen LogP contribution in [0.4, 0.5) is 5.13 Å². The quantitative estimate of drug-likeness (QED) is 0.882. The van der Waals surface area contributed by atoms with Crippen LogP contribution >= 0.6 is 11.3 Å². The van der Waals surface area contributed by atoms with Crippen LogP contribution in [0.5, 0.6) is 0 Å². The van der Waals surface area contributed by atoms with Crippen molar-refractivity contribution in [3.63, 3.8) is 0 Å². The first-order chi connectivity index (χ1) is 7.69. The molecular formula is C13H16N2S. The SMILES string of the molecule is CCc1ccc(Cc2nc(N)sc2C)cc1. The van der Waals surface area contributed by atoms with Crippen LogP contribution in [0.2, 0.25) is 0 Å². The number of thiazole rings is 1. The van der Waals surface area contributed by atoms with Gasteiger partial charge in [0.05, 0.1) is 5.69 Å². The number of rotatable bonds is 3. The number of nitrogens with zero attached hydrogens (tertiary/aromatic N) is 1. The molecule has 0 saturated heterocycles. The molecule has 0 aliphatic heterocycles. The summed E-state index contributed by atoms with van der Waals surface area (Å²) in [5.41, 5.74) is 9.46. The number of hydrogen-bond donors (Lipinski definition) is 1. The van der Waals surface area contributed by atoms with Crippen molar-refractivity contribution in [1.82, 2.24) is 4.98 Å². The molecule has 0 spiro atoms. The van der Waals surface area contributed by atoms with Gasteiger partial charge >= 0.3 is 0 Å². The summed E-state index contributed by atoms with van der Waals surface area (Å²) < 4.78 is 0. The van der Waals surface area contributed by atoms with E-state index in [-0.39, 0.29) is 0 Å². The number of hydrogen-bond acceptors (Lipinski definition) is 3. The second-order valence-electron chi connectivity index (χ2n) is 3.90. The van der Waals surface area contributed by atoms with Crippen molar-refractivity contribution in [2.24, 2.45) is 0 Å². The van der Waals surface area contributed by atoms with Gasteiger partial charge in [-0.2, -0.15) is 0 Å². The maximum atomic E-state index is 5.69. The first kappa shape index (κ1) is 11.1. The van der Waals surface area contributed by atoms with E-state index in [9.17, 15) is 0 Å². The summed E-state index contributed by atoms with van der Waals surface area (Å²) in [7, 11) is 0. The van der Waals surface area contributed by atoms with Crippen molar-refractivity contribution in [3.8, 4) is 0 Å². The summed E-state index contributed by atoms with van der Waals surface area (Å²) in [6.45, 7) is 4.24. The van der Waals surface area contributed by atoms with Crippen LogP contribution in [-0.4, -0.2) is 4.98 Å². The Labute approximate surface area is 100 Å². The Bertz CT molecular complexity index is 471. The molecule has 0 fully saturated rings. The van der Waals surface area contributed by atoms with Gasteiger partial charge in [-0.3, -0.25) is 0 Å². The standard InChI is InChI=1S/C13H16N2S/c1-3-10-4-6-11(7-5-10)8-12-9(2)16-13(14)15-12/h4-7H,3,8H2,1-2H3,(H2,14,15). The Hall–Kier alpha value is -1.35. The zero-order chi connectivity index (χ0) is 11.5. The first-order valence-corrected chi connectivity index (χ1v) is 6.30. The smallest absolute Gasteiger partial charge is 0.180 e. The molecule has 0 radical (unpaired) electrons. The molecule has 1 aromatic carbocycles. The van der Waals surface area contributed by atoms with Crippen LogP contribution in [0, 0.1) is 6.92 Å². The van der Waals surface area contributed by atoms with Gasteiger partial charge in [-0.15, -0.1) is 11.3 Å². The van der Waals surface area contributed by atoms with E-state index in [1.165, 1.54) is 16.0 Å². The number of aryl methyl sites for hydroxylation is 2. The van der Waals surface area contributed by atoms with Crippen molar-refractivity contribution in [2.75, 3.05) is 5.73 Å². The highest BCUT2D eigenvalue weighted by atomic mass is 32.1. The van der Waals surface area contributed by atoms with E-state index in [1.807, 2.05) is 0 Å². The van der Waals surface area contributed by atoms with Gasteiger partial charge in [-0.25, -0.2) is 4.98 Å². The summed E-state index contributed by atoms with van der Waals surface area (Å²) in [5, 5.41) is 0.665. The van der Waals surface area contributed by atoms with Gasteiger partial charge in [0.15, 0.2) is 5.13 Å². The van der Waals surface area contributed by atoms with E-state index in [4.69, 9.17) is 5.73 Å². The Morgan fingerprint density at radius 1 is 1.19 bits per heavy atom. The van der Waals surface area contributed by atoms with Gasteiger partial charge in [-0.1, -0.05) is 31.2 Å². The molecule has 0 unspecified atom stereocenters. The minimum absolute atomic E-state index is 0.665. The zero-order valence-corrected chi connectivity index (χ0v) is 10.5. The largest absolute Gasteiger partial charge is 0.375 e. The average molecular weight is 232 g/mol. The summed E-state index contributed by atoms with van der Waals surface area (Å²) in [4.78, 5) is 5.56. The van der Waals surface area contributed by atoms with E-state index >= 15 is 0 Å². The normalized spacial score (nSPS) is 10.6. The molecule has 2 aromatic rings. The molecule has 0 aliphatic rings. The Balaban J connectivity index is 2.17. The van der Waals surface area contributed by atoms with Gasteiger partial charge in [0, 0.05) is 11.3 Å². The van der Waals surface area contributed by atoms with Gasteiger partial charge in [-0.05, 0) is 24.5 Å². The van der Waals surface area contributed by atoms with Crippen LogP contribution in [0.3, 0.4) is 0 Å². The predicted molar refractivity (Wildman–Crippen MR) is 69.9 cm³/mol. The molecule has 2 nitrogen and oxygen atoms in total. The van der Waals surface area contributed by atoms with Crippen molar-refractivity contribution >= 4 is 16.5 Å². The van der Waals surface area contributed by atoms with Crippen molar-refractivity contribution in [2.45, 2.75) is 26.7 Å². The first-order valence-electron chi connectivity index (χ1n) is 5.48. The lowest BCUT2D eigenvalue weighted by atomic mass is 10.1. The van der Waals surface area contributed by atoms with Gasteiger partial charge < -0.3 is 5.73 Å². The number of nitrogen functional groups attached to an aromatic ring is 1.